The van der Waals surface area contributed by atoms with Crippen molar-refractivity contribution in [3.05, 3.63) is 35.5 Å². The number of cyclic esters (lactones) is 1. The van der Waals surface area contributed by atoms with Crippen LogP contribution in [-0.2, 0) is 22.4 Å². The van der Waals surface area contributed by atoms with E-state index in [0.717, 1.165) is 47.3 Å². The summed E-state index contributed by atoms with van der Waals surface area (Å²) in [6.45, 7) is 8.06. The van der Waals surface area contributed by atoms with Gasteiger partial charge in [-0.15, -0.1) is 0 Å². The molecule has 0 spiro atoms. The van der Waals surface area contributed by atoms with Crippen molar-refractivity contribution in [3.8, 4) is 11.3 Å². The summed E-state index contributed by atoms with van der Waals surface area (Å²) in [7, 11) is 0. The maximum absolute atomic E-state index is 12.7. The molecule has 1 fully saturated rings. The monoisotopic (exact) mass is 438 g/mol. The van der Waals surface area contributed by atoms with Gasteiger partial charge in [-0.3, -0.25) is 14.5 Å². The molecule has 0 bridgehead atoms. The molecule has 1 unspecified atom stereocenters. The molecule has 8 heteroatoms. The Kier molecular flexibility index (Phi) is 6.04. The maximum atomic E-state index is 12.7. The number of carbonyl (C=O) groups is 3. The lowest BCUT2D eigenvalue weighted by molar-refractivity contribution is -0.124. The first-order valence-corrected chi connectivity index (χ1v) is 11.3. The highest BCUT2D eigenvalue weighted by Crippen LogP contribution is 2.36. The minimum absolute atomic E-state index is 0.0300. The SMILES string of the molecule is CC(C)C(=O)NCC1CN(c2ccc3c(c2)CCCc2cnn(C(=O)C(C)C)c2-3)C(=O)O1. The highest BCUT2D eigenvalue weighted by molar-refractivity contribution is 5.91. The van der Waals surface area contributed by atoms with Gasteiger partial charge in [-0.05, 0) is 42.5 Å². The van der Waals surface area contributed by atoms with E-state index in [2.05, 4.69) is 10.4 Å². The number of amides is 2. The average Bonchev–Trinajstić information content (AvgIpc) is 3.29. The van der Waals surface area contributed by atoms with Crippen molar-refractivity contribution in [3.63, 3.8) is 0 Å². The highest BCUT2D eigenvalue weighted by atomic mass is 16.6. The first kappa shape index (κ1) is 22.0. The quantitative estimate of drug-likeness (QED) is 0.772. The Balaban J connectivity index is 1.58. The number of fused-ring (bicyclic) bond motifs is 3. The first-order chi connectivity index (χ1) is 15.3. The number of benzene rings is 1. The number of ether oxygens (including phenoxy) is 1. The molecule has 0 radical (unpaired) electrons. The van der Waals surface area contributed by atoms with E-state index >= 15 is 0 Å². The molecule has 0 saturated carbocycles. The predicted octanol–water partition coefficient (Wildman–Crippen LogP) is 3.43. The second-order valence-electron chi connectivity index (χ2n) is 9.13. The average molecular weight is 439 g/mol. The summed E-state index contributed by atoms with van der Waals surface area (Å²) < 4.78 is 6.99. The van der Waals surface area contributed by atoms with Gasteiger partial charge in [0.1, 0.15) is 6.10 Å². The number of aromatic nitrogens is 2. The summed E-state index contributed by atoms with van der Waals surface area (Å²) in [6, 6.07) is 5.88. The number of hydrogen-bond acceptors (Lipinski definition) is 5. The zero-order chi connectivity index (χ0) is 23.0. The van der Waals surface area contributed by atoms with Crippen molar-refractivity contribution in [2.45, 2.75) is 53.1 Å². The van der Waals surface area contributed by atoms with Crippen LogP contribution in [0.5, 0.6) is 0 Å². The second-order valence-corrected chi connectivity index (χ2v) is 9.13. The van der Waals surface area contributed by atoms with Crippen LogP contribution < -0.4 is 10.2 Å². The summed E-state index contributed by atoms with van der Waals surface area (Å²) in [5, 5.41) is 7.20. The van der Waals surface area contributed by atoms with Crippen LogP contribution in [-0.4, -0.2) is 46.9 Å². The van der Waals surface area contributed by atoms with Crippen molar-refractivity contribution < 1.29 is 19.1 Å². The van der Waals surface area contributed by atoms with Crippen LogP contribution in [0.25, 0.3) is 11.3 Å². The zero-order valence-corrected chi connectivity index (χ0v) is 19.1. The Morgan fingerprint density at radius 3 is 2.62 bits per heavy atom. The van der Waals surface area contributed by atoms with E-state index in [-0.39, 0.29) is 29.8 Å². The molecule has 4 rings (SSSR count). The zero-order valence-electron chi connectivity index (χ0n) is 19.1. The molecule has 2 amide bonds. The van der Waals surface area contributed by atoms with E-state index in [0.29, 0.717) is 13.1 Å². The Hall–Kier alpha value is -3.16. The highest BCUT2D eigenvalue weighted by Gasteiger charge is 2.33. The van der Waals surface area contributed by atoms with Gasteiger partial charge in [-0.25, -0.2) is 4.79 Å². The van der Waals surface area contributed by atoms with Crippen LogP contribution in [0, 0.1) is 11.8 Å². The molecule has 1 N–H and O–H groups in total. The lowest BCUT2D eigenvalue weighted by Crippen LogP contribution is -2.36. The molecule has 1 atom stereocenters. The van der Waals surface area contributed by atoms with Gasteiger partial charge < -0.3 is 10.1 Å². The van der Waals surface area contributed by atoms with Crippen LogP contribution in [0.4, 0.5) is 10.5 Å². The summed E-state index contributed by atoms with van der Waals surface area (Å²) in [4.78, 5) is 38.6. The van der Waals surface area contributed by atoms with Gasteiger partial charge in [-0.2, -0.15) is 9.78 Å². The fourth-order valence-electron chi connectivity index (χ4n) is 4.18. The predicted molar refractivity (Wildman–Crippen MR) is 121 cm³/mol. The van der Waals surface area contributed by atoms with Crippen molar-refractivity contribution in [1.29, 1.82) is 0 Å². The standard InChI is InChI=1S/C24H30N4O4/c1-14(2)22(29)25-12-19-13-27(24(31)32-19)18-8-9-20-16(10-18)6-5-7-17-11-26-28(21(17)20)23(30)15(3)4/h8-11,14-15,19H,5-7,12-13H2,1-4H3,(H,25,29). The number of hydrogen-bond donors (Lipinski definition) is 1. The third-order valence-electron chi connectivity index (χ3n) is 6.00. The largest absolute Gasteiger partial charge is 0.442 e. The lowest BCUT2D eigenvalue weighted by Gasteiger charge is -2.17. The van der Waals surface area contributed by atoms with Gasteiger partial charge in [0.25, 0.3) is 0 Å². The van der Waals surface area contributed by atoms with Gasteiger partial charge in [0.15, 0.2) is 0 Å². The van der Waals surface area contributed by atoms with Gasteiger partial charge in [0.2, 0.25) is 11.8 Å². The smallest absolute Gasteiger partial charge is 0.414 e. The van der Waals surface area contributed by atoms with E-state index in [1.54, 1.807) is 11.1 Å². The minimum Gasteiger partial charge on any atom is -0.442 e. The topological polar surface area (TPSA) is 93.5 Å². The Morgan fingerprint density at radius 1 is 1.16 bits per heavy atom. The summed E-state index contributed by atoms with van der Waals surface area (Å²) >= 11 is 0. The summed E-state index contributed by atoms with van der Waals surface area (Å²) in [5.41, 5.74) is 4.77. The fraction of sp³-hybridized carbons (Fsp3) is 0.500. The summed E-state index contributed by atoms with van der Waals surface area (Å²) in [6.07, 6.45) is 3.65. The molecular formula is C24H30N4O4. The number of aryl methyl sites for hydroxylation is 2. The van der Waals surface area contributed by atoms with Crippen molar-refractivity contribution in [1.82, 2.24) is 15.1 Å². The molecule has 1 saturated heterocycles. The van der Waals surface area contributed by atoms with Crippen LogP contribution in [0.1, 0.15) is 50.0 Å². The first-order valence-electron chi connectivity index (χ1n) is 11.3. The van der Waals surface area contributed by atoms with Gasteiger partial charge in [0, 0.05) is 23.1 Å². The van der Waals surface area contributed by atoms with Crippen LogP contribution in [0.2, 0.25) is 0 Å². The second kappa shape index (κ2) is 8.76. The molecule has 2 aromatic rings. The normalized spacial score (nSPS) is 17.8. The van der Waals surface area contributed by atoms with E-state index in [4.69, 9.17) is 4.74 Å². The minimum atomic E-state index is -0.414. The maximum Gasteiger partial charge on any atom is 0.414 e. The molecule has 2 heterocycles. The number of carbonyl (C=O) groups excluding carboxylic acids is 3. The number of nitrogens with zero attached hydrogens (tertiary/aromatic N) is 3. The Morgan fingerprint density at radius 2 is 1.91 bits per heavy atom. The van der Waals surface area contributed by atoms with Crippen molar-refractivity contribution in [2.24, 2.45) is 11.8 Å². The molecule has 1 aliphatic heterocycles. The molecule has 32 heavy (non-hydrogen) atoms. The lowest BCUT2D eigenvalue weighted by atomic mass is 10.0. The van der Waals surface area contributed by atoms with Crippen molar-refractivity contribution >= 4 is 23.6 Å². The van der Waals surface area contributed by atoms with E-state index in [9.17, 15) is 14.4 Å². The van der Waals surface area contributed by atoms with Crippen molar-refractivity contribution in [2.75, 3.05) is 18.0 Å². The van der Waals surface area contributed by atoms with Gasteiger partial charge in [0.05, 0.1) is 25.0 Å². The van der Waals surface area contributed by atoms with Crippen LogP contribution >= 0.6 is 0 Å². The molecule has 1 aromatic heterocycles. The number of anilines is 1. The number of nitrogens with one attached hydrogen (secondary N) is 1. The van der Waals surface area contributed by atoms with E-state index in [1.807, 2.05) is 45.9 Å². The fourth-order valence-corrected chi connectivity index (χ4v) is 4.18. The third-order valence-corrected chi connectivity index (χ3v) is 6.00. The van der Waals surface area contributed by atoms with Crippen LogP contribution in [0.3, 0.4) is 0 Å². The molecule has 8 nitrogen and oxygen atoms in total. The Bertz CT molecular complexity index is 1060. The van der Waals surface area contributed by atoms with Gasteiger partial charge >= 0.3 is 6.09 Å². The molecule has 170 valence electrons. The molecular weight excluding hydrogens is 408 g/mol. The summed E-state index contributed by atoms with van der Waals surface area (Å²) in [5.74, 6) is -0.364. The van der Waals surface area contributed by atoms with E-state index < -0.39 is 6.09 Å². The number of rotatable bonds is 5. The third kappa shape index (κ3) is 4.13. The molecule has 2 aliphatic rings. The Labute approximate surface area is 187 Å². The van der Waals surface area contributed by atoms with E-state index in [1.165, 1.54) is 4.68 Å². The van der Waals surface area contributed by atoms with Gasteiger partial charge in [-0.1, -0.05) is 33.8 Å². The molecule has 1 aromatic carbocycles. The van der Waals surface area contributed by atoms with Crippen LogP contribution in [0.15, 0.2) is 24.4 Å². The molecule has 1 aliphatic carbocycles.